The Bertz CT molecular complexity index is 4080. The van der Waals surface area contributed by atoms with E-state index in [9.17, 15) is 0 Å². The summed E-state index contributed by atoms with van der Waals surface area (Å²) in [6.07, 6.45) is 7.35. The van der Waals surface area contributed by atoms with Crippen molar-refractivity contribution in [1.29, 1.82) is 0 Å². The van der Waals surface area contributed by atoms with Crippen LogP contribution in [0, 0.1) is 0 Å². The number of aromatic nitrogens is 4. The van der Waals surface area contributed by atoms with Crippen LogP contribution in [0.15, 0.2) is 213 Å². The zero-order valence-electron chi connectivity index (χ0n) is 33.9. The summed E-state index contributed by atoms with van der Waals surface area (Å²) in [7, 11) is -3.24. The molecule has 0 aliphatic heterocycles. The van der Waals surface area contributed by atoms with Crippen LogP contribution in [-0.4, -0.2) is 19.4 Å². The lowest BCUT2D eigenvalue weighted by atomic mass is 9.96. The van der Waals surface area contributed by atoms with Crippen LogP contribution in [0.1, 0.15) is 0 Å². The van der Waals surface area contributed by atoms with Crippen molar-refractivity contribution in [3.05, 3.63) is 213 Å². The summed E-state index contributed by atoms with van der Waals surface area (Å²) < 4.78 is 17.9. The van der Waals surface area contributed by atoms with Crippen molar-refractivity contribution < 1.29 is 4.57 Å². The zero-order chi connectivity index (χ0) is 41.6. The summed E-state index contributed by atoms with van der Waals surface area (Å²) in [6.45, 7) is 0. The summed E-state index contributed by atoms with van der Waals surface area (Å²) in [4.78, 5) is 14.2. The Morgan fingerprint density at radius 1 is 0.381 bits per heavy atom. The first-order valence-corrected chi connectivity index (χ1v) is 22.9. The highest BCUT2D eigenvalue weighted by atomic mass is 31.2. The van der Waals surface area contributed by atoms with Crippen LogP contribution in [0.5, 0.6) is 0 Å². The lowest BCUT2D eigenvalue weighted by molar-refractivity contribution is 0.592. The minimum absolute atomic E-state index is 0.765. The van der Waals surface area contributed by atoms with Gasteiger partial charge in [-0.1, -0.05) is 121 Å². The van der Waals surface area contributed by atoms with Gasteiger partial charge >= 0.3 is 0 Å². The van der Waals surface area contributed by atoms with Crippen LogP contribution in [0.25, 0.3) is 104 Å². The van der Waals surface area contributed by atoms with E-state index < -0.39 is 7.14 Å². The normalized spacial score (nSPS) is 13.0. The average Bonchev–Trinajstić information content (AvgIpc) is 3.74. The van der Waals surface area contributed by atoms with Gasteiger partial charge in [0.25, 0.3) is 0 Å². The summed E-state index contributed by atoms with van der Waals surface area (Å²) >= 11 is 0. The smallest absolute Gasteiger partial charge is 0.171 e. The maximum Gasteiger partial charge on any atom is 0.171 e. The van der Waals surface area contributed by atoms with Crippen LogP contribution < -0.4 is 15.9 Å². The molecular formula is C57H35N4OP. The van der Waals surface area contributed by atoms with E-state index in [0.29, 0.717) is 0 Å². The number of benzene rings is 9. The molecule has 0 amide bonds. The molecule has 0 fully saturated rings. The van der Waals surface area contributed by atoms with E-state index in [1.165, 1.54) is 16.2 Å². The van der Waals surface area contributed by atoms with E-state index in [4.69, 9.17) is 4.98 Å². The molecule has 4 aromatic heterocycles. The highest BCUT2D eigenvalue weighted by Gasteiger charge is 2.30. The van der Waals surface area contributed by atoms with Gasteiger partial charge in [-0.3, -0.25) is 14.4 Å². The number of imidazole rings is 1. The summed E-state index contributed by atoms with van der Waals surface area (Å²) in [5.41, 5.74) is 8.46. The molecule has 294 valence electrons. The largest absolute Gasteiger partial charge is 0.309 e. The predicted octanol–water partition coefficient (Wildman–Crippen LogP) is 13.2. The van der Waals surface area contributed by atoms with Crippen LogP contribution in [-0.2, 0) is 4.57 Å². The van der Waals surface area contributed by atoms with Gasteiger partial charge in [-0.05, 0) is 127 Å². The third-order valence-corrected chi connectivity index (χ3v) is 16.0. The highest BCUT2D eigenvalue weighted by molar-refractivity contribution is 7.85. The number of pyridine rings is 3. The SMILES string of the molecule is O=P(c1ccncc1)(c1ccc2ccccc2c1)c1ccc2cc(-c3ccc4c(c3)c3cc5ccccc5cc3c3nc5ccc(-c6cncc7ccccc67)cc5n43)ccc2c1. The molecule has 6 heteroatoms. The topological polar surface area (TPSA) is 60.2 Å². The average molecular weight is 823 g/mol. The van der Waals surface area contributed by atoms with E-state index in [1.807, 2.05) is 48.8 Å². The molecule has 13 aromatic rings. The second-order valence-electron chi connectivity index (χ2n) is 16.5. The summed E-state index contributed by atoms with van der Waals surface area (Å²) in [6, 6.07) is 66.1. The highest BCUT2D eigenvalue weighted by Crippen LogP contribution is 2.44. The van der Waals surface area contributed by atoms with E-state index >= 15 is 4.57 Å². The molecule has 1 unspecified atom stereocenters. The van der Waals surface area contributed by atoms with Gasteiger partial charge in [0.15, 0.2) is 7.14 Å². The van der Waals surface area contributed by atoms with Crippen LogP contribution in [0.4, 0.5) is 0 Å². The van der Waals surface area contributed by atoms with Gasteiger partial charge in [0.05, 0.1) is 16.6 Å². The van der Waals surface area contributed by atoms with Crippen molar-refractivity contribution in [3.63, 3.8) is 0 Å². The fourth-order valence-electron chi connectivity index (χ4n) is 9.77. The molecule has 1 atom stereocenters. The Morgan fingerprint density at radius 3 is 1.78 bits per heavy atom. The van der Waals surface area contributed by atoms with Crippen molar-refractivity contribution in [2.75, 3.05) is 0 Å². The second-order valence-corrected chi connectivity index (χ2v) is 19.2. The minimum atomic E-state index is -3.24. The molecule has 0 aliphatic carbocycles. The first-order chi connectivity index (χ1) is 31.1. The van der Waals surface area contributed by atoms with Gasteiger partial charge in [0.2, 0.25) is 0 Å². The van der Waals surface area contributed by atoms with E-state index in [1.54, 1.807) is 12.4 Å². The molecule has 0 saturated carbocycles. The first kappa shape index (κ1) is 35.7. The summed E-state index contributed by atoms with van der Waals surface area (Å²) in [5.74, 6) is 0. The fourth-order valence-corrected chi connectivity index (χ4v) is 12.4. The Morgan fingerprint density at radius 2 is 0.984 bits per heavy atom. The van der Waals surface area contributed by atoms with Crippen molar-refractivity contribution >= 4 is 105 Å². The van der Waals surface area contributed by atoms with Gasteiger partial charge in [-0.2, -0.15) is 0 Å². The molecule has 0 N–H and O–H groups in total. The fraction of sp³-hybridized carbons (Fsp3) is 0. The first-order valence-electron chi connectivity index (χ1n) is 21.2. The van der Waals surface area contributed by atoms with Gasteiger partial charge in [-0.15, -0.1) is 0 Å². The number of nitrogens with zero attached hydrogens (tertiary/aromatic N) is 4. The molecule has 0 saturated heterocycles. The van der Waals surface area contributed by atoms with Gasteiger partial charge in [0.1, 0.15) is 5.65 Å². The Labute approximate surface area is 361 Å². The number of fused-ring (bicyclic) bond motifs is 12. The van der Waals surface area contributed by atoms with Crippen molar-refractivity contribution in [3.8, 4) is 22.3 Å². The molecular weight excluding hydrogens is 788 g/mol. The predicted molar refractivity (Wildman–Crippen MR) is 264 cm³/mol. The van der Waals surface area contributed by atoms with Gasteiger partial charge in [0, 0.05) is 62.4 Å². The summed E-state index contributed by atoms with van der Waals surface area (Å²) in [5, 5.41) is 14.8. The third-order valence-electron chi connectivity index (χ3n) is 12.9. The number of hydrogen-bond acceptors (Lipinski definition) is 4. The quantitative estimate of drug-likeness (QED) is 0.0985. The van der Waals surface area contributed by atoms with E-state index in [2.05, 4.69) is 166 Å². The standard InChI is InChI=1S/C57H35N4OP/c62-63(46-23-25-58-26-24-46,47-19-15-36-7-1-2-8-37(36)28-47)48-20-16-41-27-40(13-14-42(41)29-48)43-18-22-55-51(31-43)50-30-38-9-3-4-10-39(38)32-52(50)57-60-54-21-17-44(33-56(54)61(55)57)53-35-59-34-45-11-5-6-12-49(45)53/h1-35H. The van der Waals surface area contributed by atoms with Crippen molar-refractivity contribution in [1.82, 2.24) is 19.4 Å². The van der Waals surface area contributed by atoms with Crippen molar-refractivity contribution in [2.24, 2.45) is 0 Å². The number of hydrogen-bond donors (Lipinski definition) is 0. The molecule has 0 bridgehead atoms. The van der Waals surface area contributed by atoms with Crippen molar-refractivity contribution in [2.45, 2.75) is 0 Å². The lowest BCUT2D eigenvalue weighted by Gasteiger charge is -2.21. The Balaban J connectivity index is 0.982. The molecule has 5 nitrogen and oxygen atoms in total. The van der Waals surface area contributed by atoms with E-state index in [-0.39, 0.29) is 0 Å². The molecule has 9 aromatic carbocycles. The molecule has 0 aliphatic rings. The molecule has 0 spiro atoms. The van der Waals surface area contributed by atoms with Crippen LogP contribution in [0.3, 0.4) is 0 Å². The number of rotatable bonds is 5. The monoisotopic (exact) mass is 822 g/mol. The maximum absolute atomic E-state index is 15.6. The van der Waals surface area contributed by atoms with Crippen LogP contribution in [0.2, 0.25) is 0 Å². The molecule has 4 heterocycles. The van der Waals surface area contributed by atoms with Crippen LogP contribution >= 0.6 is 7.14 Å². The molecule has 63 heavy (non-hydrogen) atoms. The zero-order valence-corrected chi connectivity index (χ0v) is 34.7. The van der Waals surface area contributed by atoms with Gasteiger partial charge < -0.3 is 4.57 Å². The molecule has 13 rings (SSSR count). The second kappa shape index (κ2) is 13.8. The Hall–Kier alpha value is -7.98. The lowest BCUT2D eigenvalue weighted by Crippen LogP contribution is -2.25. The minimum Gasteiger partial charge on any atom is -0.309 e. The maximum atomic E-state index is 15.6. The Kier molecular flexibility index (Phi) is 7.81. The van der Waals surface area contributed by atoms with Gasteiger partial charge in [-0.25, -0.2) is 4.98 Å². The molecule has 0 radical (unpaired) electrons. The van der Waals surface area contributed by atoms with E-state index in [0.717, 1.165) is 103 Å². The third kappa shape index (κ3) is 5.57.